The van der Waals surface area contributed by atoms with Crippen LogP contribution in [0.25, 0.3) is 0 Å². The molecule has 0 bridgehead atoms. The van der Waals surface area contributed by atoms with Gasteiger partial charge in [0, 0.05) is 6.04 Å². The summed E-state index contributed by atoms with van der Waals surface area (Å²) >= 11 is 0. The van der Waals surface area contributed by atoms with Crippen LogP contribution < -0.4 is 4.72 Å². The maximum Gasteiger partial charge on any atom is 0.306 e. The summed E-state index contributed by atoms with van der Waals surface area (Å²) in [5.74, 6) is -4.01. The summed E-state index contributed by atoms with van der Waals surface area (Å²) in [4.78, 5) is 10.1. The molecule has 0 saturated heterocycles. The highest BCUT2D eigenvalue weighted by Gasteiger charge is 2.30. The fourth-order valence-corrected chi connectivity index (χ4v) is 3.83. The van der Waals surface area contributed by atoms with Gasteiger partial charge in [-0.3, -0.25) is 4.79 Å². The maximum atomic E-state index is 13.5. The van der Waals surface area contributed by atoms with E-state index in [1.54, 1.807) is 0 Å². The number of carboxylic acid groups (broad SMARTS) is 1. The molecule has 0 radical (unpaired) electrons. The Morgan fingerprint density at radius 1 is 1.19 bits per heavy atom. The SMILES string of the molecule is O=C(O)C1CCC(NS(=O)(=O)c2cccc(F)c2F)CC1. The minimum Gasteiger partial charge on any atom is -0.481 e. The summed E-state index contributed by atoms with van der Waals surface area (Å²) in [5.41, 5.74) is 0. The third-order valence-electron chi connectivity index (χ3n) is 3.60. The first-order valence-corrected chi connectivity index (χ1v) is 7.98. The molecule has 0 aromatic heterocycles. The third-order valence-corrected chi connectivity index (χ3v) is 5.14. The van der Waals surface area contributed by atoms with Crippen LogP contribution >= 0.6 is 0 Å². The monoisotopic (exact) mass is 319 g/mol. The third kappa shape index (κ3) is 3.56. The van der Waals surface area contributed by atoms with Gasteiger partial charge < -0.3 is 5.11 Å². The zero-order valence-electron chi connectivity index (χ0n) is 11.1. The summed E-state index contributed by atoms with van der Waals surface area (Å²) in [6, 6.07) is 2.48. The topological polar surface area (TPSA) is 83.5 Å². The zero-order valence-corrected chi connectivity index (χ0v) is 11.9. The van der Waals surface area contributed by atoms with Crippen molar-refractivity contribution in [3.05, 3.63) is 29.8 Å². The molecule has 2 rings (SSSR count). The van der Waals surface area contributed by atoms with Crippen LogP contribution in [0.1, 0.15) is 25.7 Å². The van der Waals surface area contributed by atoms with E-state index in [0.717, 1.165) is 18.2 Å². The van der Waals surface area contributed by atoms with Crippen molar-refractivity contribution in [2.24, 2.45) is 5.92 Å². The molecule has 0 spiro atoms. The van der Waals surface area contributed by atoms with E-state index in [0.29, 0.717) is 25.7 Å². The van der Waals surface area contributed by atoms with E-state index in [-0.39, 0.29) is 0 Å². The fourth-order valence-electron chi connectivity index (χ4n) is 2.43. The molecule has 0 heterocycles. The summed E-state index contributed by atoms with van der Waals surface area (Å²) < 4.78 is 53.1. The van der Waals surface area contributed by atoms with E-state index in [1.807, 2.05) is 0 Å². The standard InChI is InChI=1S/C13H15F2NO4S/c14-10-2-1-3-11(12(10)15)21(19,20)16-9-6-4-8(5-7-9)13(17)18/h1-3,8-9,16H,4-7H2,(H,17,18). The number of carbonyl (C=O) groups is 1. The minimum absolute atomic E-state index is 0.354. The van der Waals surface area contributed by atoms with Gasteiger partial charge in [-0.25, -0.2) is 21.9 Å². The van der Waals surface area contributed by atoms with Crippen molar-refractivity contribution < 1.29 is 27.1 Å². The molecule has 2 N–H and O–H groups in total. The van der Waals surface area contributed by atoms with Gasteiger partial charge in [-0.1, -0.05) is 6.07 Å². The Kier molecular flexibility index (Phi) is 4.58. The largest absolute Gasteiger partial charge is 0.481 e. The molecule has 0 atom stereocenters. The second kappa shape index (κ2) is 6.07. The van der Waals surface area contributed by atoms with Gasteiger partial charge in [-0.2, -0.15) is 0 Å². The van der Waals surface area contributed by atoms with E-state index in [1.165, 1.54) is 0 Å². The summed E-state index contributed by atoms with van der Waals surface area (Å²) in [6.07, 6.45) is 1.42. The second-order valence-electron chi connectivity index (χ2n) is 5.06. The average molecular weight is 319 g/mol. The van der Waals surface area contributed by atoms with Crippen LogP contribution in [0.3, 0.4) is 0 Å². The molecule has 1 saturated carbocycles. The molecule has 1 fully saturated rings. The first-order valence-electron chi connectivity index (χ1n) is 6.50. The first kappa shape index (κ1) is 15.8. The number of carboxylic acids is 1. The highest BCUT2D eigenvalue weighted by molar-refractivity contribution is 7.89. The van der Waals surface area contributed by atoms with Gasteiger partial charge in [0.2, 0.25) is 10.0 Å². The van der Waals surface area contributed by atoms with Crippen molar-refractivity contribution in [3.63, 3.8) is 0 Å². The molecule has 1 aliphatic carbocycles. The first-order chi connectivity index (χ1) is 9.81. The number of nitrogens with one attached hydrogen (secondary N) is 1. The van der Waals surface area contributed by atoms with Crippen molar-refractivity contribution in [2.75, 3.05) is 0 Å². The number of halogens is 2. The number of benzene rings is 1. The molecule has 1 aromatic carbocycles. The second-order valence-corrected chi connectivity index (χ2v) is 6.74. The molecular weight excluding hydrogens is 304 g/mol. The van der Waals surface area contributed by atoms with E-state index >= 15 is 0 Å². The lowest BCUT2D eigenvalue weighted by atomic mass is 9.87. The molecule has 1 aliphatic rings. The fraction of sp³-hybridized carbons (Fsp3) is 0.462. The highest BCUT2D eigenvalue weighted by atomic mass is 32.2. The Labute approximate surface area is 121 Å². The quantitative estimate of drug-likeness (QED) is 0.887. The number of hydrogen-bond donors (Lipinski definition) is 2. The van der Waals surface area contributed by atoms with Gasteiger partial charge in [-0.05, 0) is 37.8 Å². The maximum absolute atomic E-state index is 13.5. The Balaban J connectivity index is 2.09. The van der Waals surface area contributed by atoms with Crippen LogP contribution in [-0.2, 0) is 14.8 Å². The van der Waals surface area contributed by atoms with Gasteiger partial charge >= 0.3 is 5.97 Å². The van der Waals surface area contributed by atoms with Crippen LogP contribution in [-0.4, -0.2) is 25.5 Å². The lowest BCUT2D eigenvalue weighted by molar-refractivity contribution is -0.142. The zero-order chi connectivity index (χ0) is 15.6. The van der Waals surface area contributed by atoms with Crippen LogP contribution in [0.5, 0.6) is 0 Å². The molecule has 0 aliphatic heterocycles. The molecule has 1 aromatic rings. The summed E-state index contributed by atoms with van der Waals surface area (Å²) in [6.45, 7) is 0. The predicted molar refractivity (Wildman–Crippen MR) is 70.1 cm³/mol. The van der Waals surface area contributed by atoms with Gasteiger partial charge in [0.15, 0.2) is 11.6 Å². The summed E-state index contributed by atoms with van der Waals surface area (Å²) in [5, 5.41) is 8.87. The van der Waals surface area contributed by atoms with Gasteiger partial charge in [-0.15, -0.1) is 0 Å². The van der Waals surface area contributed by atoms with Gasteiger partial charge in [0.1, 0.15) is 4.90 Å². The number of aliphatic carboxylic acids is 1. The van der Waals surface area contributed by atoms with E-state index in [4.69, 9.17) is 5.11 Å². The lowest BCUT2D eigenvalue weighted by Crippen LogP contribution is -2.39. The minimum atomic E-state index is -4.16. The van der Waals surface area contributed by atoms with Crippen LogP contribution in [0.4, 0.5) is 8.78 Å². The lowest BCUT2D eigenvalue weighted by Gasteiger charge is -2.26. The molecule has 8 heteroatoms. The normalized spacial score (nSPS) is 23.0. The highest BCUT2D eigenvalue weighted by Crippen LogP contribution is 2.26. The smallest absolute Gasteiger partial charge is 0.306 e. The van der Waals surface area contributed by atoms with E-state index in [9.17, 15) is 22.0 Å². The molecule has 116 valence electrons. The molecule has 5 nitrogen and oxygen atoms in total. The average Bonchev–Trinajstić information content (AvgIpc) is 2.41. The summed E-state index contributed by atoms with van der Waals surface area (Å²) in [7, 11) is -4.16. The van der Waals surface area contributed by atoms with Gasteiger partial charge in [0.05, 0.1) is 5.92 Å². The Morgan fingerprint density at radius 2 is 1.81 bits per heavy atom. The number of hydrogen-bond acceptors (Lipinski definition) is 3. The van der Waals surface area contributed by atoms with E-state index < -0.39 is 44.5 Å². The number of rotatable bonds is 4. The molecular formula is C13H15F2NO4S. The van der Waals surface area contributed by atoms with Crippen molar-refractivity contribution in [1.29, 1.82) is 0 Å². The molecule has 21 heavy (non-hydrogen) atoms. The van der Waals surface area contributed by atoms with Crippen molar-refractivity contribution >= 4 is 16.0 Å². The molecule has 0 amide bonds. The molecule has 0 unspecified atom stereocenters. The van der Waals surface area contributed by atoms with Crippen molar-refractivity contribution in [1.82, 2.24) is 4.72 Å². The van der Waals surface area contributed by atoms with E-state index in [2.05, 4.69) is 4.72 Å². The van der Waals surface area contributed by atoms with Crippen LogP contribution in [0, 0.1) is 17.6 Å². The Bertz CT molecular complexity index is 640. The van der Waals surface area contributed by atoms with Crippen molar-refractivity contribution in [2.45, 2.75) is 36.6 Å². The van der Waals surface area contributed by atoms with Crippen LogP contribution in [0.2, 0.25) is 0 Å². The Hall–Kier alpha value is -1.54. The van der Waals surface area contributed by atoms with Crippen molar-refractivity contribution in [3.8, 4) is 0 Å². The predicted octanol–water partition coefficient (Wildman–Crippen LogP) is 1.89. The van der Waals surface area contributed by atoms with Crippen LogP contribution in [0.15, 0.2) is 23.1 Å². The van der Waals surface area contributed by atoms with Gasteiger partial charge in [0.25, 0.3) is 0 Å². The number of sulfonamides is 1. The Morgan fingerprint density at radius 3 is 2.38 bits per heavy atom.